The van der Waals surface area contributed by atoms with Crippen LogP contribution in [0.5, 0.6) is 0 Å². The van der Waals surface area contributed by atoms with E-state index in [4.69, 9.17) is 0 Å². The van der Waals surface area contributed by atoms with Crippen LogP contribution in [0.1, 0.15) is 25.0 Å². The first-order chi connectivity index (χ1) is 18.9. The van der Waals surface area contributed by atoms with Crippen molar-refractivity contribution in [3.05, 3.63) is 108 Å². The van der Waals surface area contributed by atoms with E-state index >= 15 is 0 Å². The summed E-state index contributed by atoms with van der Waals surface area (Å²) in [6.45, 7) is 3.84. The van der Waals surface area contributed by atoms with E-state index in [0.717, 1.165) is 36.7 Å². The van der Waals surface area contributed by atoms with E-state index < -0.39 is 35.1 Å². The summed E-state index contributed by atoms with van der Waals surface area (Å²) in [5.74, 6) is -4.23. The molecular formula is C30H26F6N2O2. The predicted molar refractivity (Wildman–Crippen MR) is 143 cm³/mol. The normalized spacial score (nSPS) is 12.7. The number of carbonyl (C=O) groups excluding carboxylic acids is 2. The standard InChI is InChI=1S/C30H26F6N2O2/c1-3-37(23-11-7-5-8-12-23)19-25(27(39)29(31,32)33)21-15-17-22(18-16-21)26(28(40)30(34,35)36)20-38(4-2)24-13-9-6-10-14-24/h5-20H,3-4H2,1-2H3/b25-19-,26-20-. The zero-order valence-electron chi connectivity index (χ0n) is 21.6. The largest absolute Gasteiger partial charge is 0.454 e. The average Bonchev–Trinajstić information content (AvgIpc) is 2.94. The summed E-state index contributed by atoms with van der Waals surface area (Å²) in [5, 5.41) is 0. The van der Waals surface area contributed by atoms with E-state index in [2.05, 4.69) is 0 Å². The molecule has 0 saturated carbocycles. The Bertz CT molecular complexity index is 1260. The van der Waals surface area contributed by atoms with E-state index in [0.29, 0.717) is 11.4 Å². The lowest BCUT2D eigenvalue weighted by molar-refractivity contribution is -0.164. The number of hydrogen-bond donors (Lipinski definition) is 0. The molecule has 0 fully saturated rings. The van der Waals surface area contributed by atoms with Crippen LogP contribution in [0.2, 0.25) is 0 Å². The van der Waals surface area contributed by atoms with Gasteiger partial charge in [0.2, 0.25) is 0 Å². The number of para-hydroxylation sites is 2. The van der Waals surface area contributed by atoms with E-state index in [1.807, 2.05) is 0 Å². The highest BCUT2D eigenvalue weighted by atomic mass is 19.4. The van der Waals surface area contributed by atoms with Gasteiger partial charge in [0.25, 0.3) is 11.6 Å². The van der Waals surface area contributed by atoms with Gasteiger partial charge in [-0.05, 0) is 49.2 Å². The fourth-order valence-electron chi connectivity index (χ4n) is 3.91. The molecule has 0 amide bonds. The second-order valence-electron chi connectivity index (χ2n) is 8.56. The second-order valence-corrected chi connectivity index (χ2v) is 8.56. The SMILES string of the molecule is CCN(/C=C(\C(=O)C(F)(F)F)c1ccc(/C(=C/N(CC)c2ccccc2)C(=O)C(F)(F)F)cc1)c1ccccc1. The van der Waals surface area contributed by atoms with E-state index in [-0.39, 0.29) is 24.2 Å². The molecule has 0 atom stereocenters. The molecule has 0 bridgehead atoms. The fraction of sp³-hybridized carbons (Fsp3) is 0.200. The number of Topliss-reactive ketones (excluding diaryl/α,β-unsaturated/α-hetero) is 2. The minimum atomic E-state index is -5.20. The Morgan fingerprint density at radius 3 is 1.12 bits per heavy atom. The van der Waals surface area contributed by atoms with Gasteiger partial charge >= 0.3 is 12.4 Å². The van der Waals surface area contributed by atoms with Crippen molar-refractivity contribution in [2.24, 2.45) is 0 Å². The zero-order chi connectivity index (χ0) is 29.5. The highest BCUT2D eigenvalue weighted by molar-refractivity contribution is 6.25. The quantitative estimate of drug-likeness (QED) is 0.188. The van der Waals surface area contributed by atoms with Crippen molar-refractivity contribution >= 4 is 34.1 Å². The van der Waals surface area contributed by atoms with E-state index in [9.17, 15) is 35.9 Å². The Labute approximate surface area is 227 Å². The van der Waals surface area contributed by atoms with Crippen molar-refractivity contribution < 1.29 is 35.9 Å². The minimum Gasteiger partial charge on any atom is -0.348 e. The predicted octanol–water partition coefficient (Wildman–Crippen LogP) is 7.68. The maximum atomic E-state index is 13.5. The summed E-state index contributed by atoms with van der Waals surface area (Å²) in [6, 6.07) is 21.2. The summed E-state index contributed by atoms with van der Waals surface area (Å²) in [7, 11) is 0. The van der Waals surface area contributed by atoms with Crippen LogP contribution in [-0.2, 0) is 9.59 Å². The van der Waals surface area contributed by atoms with Crippen LogP contribution in [0.25, 0.3) is 11.1 Å². The third-order valence-electron chi connectivity index (χ3n) is 5.94. The van der Waals surface area contributed by atoms with Crippen molar-refractivity contribution in [3.63, 3.8) is 0 Å². The van der Waals surface area contributed by atoms with Gasteiger partial charge in [0.1, 0.15) is 0 Å². The summed E-state index contributed by atoms with van der Waals surface area (Å²) >= 11 is 0. The summed E-state index contributed by atoms with van der Waals surface area (Å²) < 4.78 is 81.2. The van der Waals surface area contributed by atoms with Gasteiger partial charge in [-0.1, -0.05) is 60.7 Å². The van der Waals surface area contributed by atoms with Crippen LogP contribution in [0.3, 0.4) is 0 Å². The van der Waals surface area contributed by atoms with E-state index in [1.165, 1.54) is 9.80 Å². The number of halogens is 6. The van der Waals surface area contributed by atoms with E-state index in [1.54, 1.807) is 74.5 Å². The maximum absolute atomic E-state index is 13.5. The number of nitrogens with zero attached hydrogens (tertiary/aromatic N) is 2. The molecule has 0 aliphatic carbocycles. The third-order valence-corrected chi connectivity index (χ3v) is 5.94. The van der Waals surface area contributed by atoms with Gasteiger partial charge in [-0.3, -0.25) is 9.59 Å². The molecule has 0 heterocycles. The number of hydrogen-bond acceptors (Lipinski definition) is 4. The molecule has 0 saturated heterocycles. The molecular weight excluding hydrogens is 534 g/mol. The molecule has 3 aromatic carbocycles. The average molecular weight is 561 g/mol. The minimum absolute atomic E-state index is 0.172. The molecule has 3 rings (SSSR count). The maximum Gasteiger partial charge on any atom is 0.454 e. The molecule has 0 spiro atoms. The molecule has 0 aliphatic rings. The highest BCUT2D eigenvalue weighted by Gasteiger charge is 2.42. The van der Waals surface area contributed by atoms with Crippen molar-refractivity contribution in [2.45, 2.75) is 26.2 Å². The van der Waals surface area contributed by atoms with Crippen LogP contribution in [0, 0.1) is 0 Å². The first-order valence-corrected chi connectivity index (χ1v) is 12.3. The molecule has 40 heavy (non-hydrogen) atoms. The molecule has 210 valence electrons. The van der Waals surface area contributed by atoms with Crippen LogP contribution < -0.4 is 9.80 Å². The number of rotatable bonds is 10. The molecule has 0 unspecified atom stereocenters. The molecule has 0 radical (unpaired) electrons. The Hall–Kier alpha value is -4.34. The number of allylic oxidation sites excluding steroid dienone is 2. The van der Waals surface area contributed by atoms with Crippen molar-refractivity contribution in [1.29, 1.82) is 0 Å². The molecule has 10 heteroatoms. The zero-order valence-corrected chi connectivity index (χ0v) is 21.6. The van der Waals surface area contributed by atoms with Gasteiger partial charge < -0.3 is 9.80 Å². The Morgan fingerprint density at radius 2 is 0.875 bits per heavy atom. The van der Waals surface area contributed by atoms with Crippen LogP contribution in [0.15, 0.2) is 97.3 Å². The summed E-state index contributed by atoms with van der Waals surface area (Å²) in [6.07, 6.45) is -8.28. The second kappa shape index (κ2) is 12.7. The van der Waals surface area contributed by atoms with Crippen molar-refractivity contribution in [2.75, 3.05) is 22.9 Å². The number of alkyl halides is 6. The highest BCUT2D eigenvalue weighted by Crippen LogP contribution is 2.32. The molecule has 3 aromatic rings. The smallest absolute Gasteiger partial charge is 0.348 e. The lowest BCUT2D eigenvalue weighted by Crippen LogP contribution is -2.27. The Kier molecular flexibility index (Phi) is 9.57. The number of ketones is 2. The first-order valence-electron chi connectivity index (χ1n) is 12.3. The van der Waals surface area contributed by atoms with Gasteiger partial charge in [-0.15, -0.1) is 0 Å². The number of carbonyl (C=O) groups is 2. The van der Waals surface area contributed by atoms with Crippen LogP contribution >= 0.6 is 0 Å². The van der Waals surface area contributed by atoms with Gasteiger partial charge in [0, 0.05) is 36.9 Å². The van der Waals surface area contributed by atoms with Crippen LogP contribution in [-0.4, -0.2) is 37.0 Å². The van der Waals surface area contributed by atoms with Gasteiger partial charge in [0.15, 0.2) is 0 Å². The molecule has 0 aliphatic heterocycles. The monoisotopic (exact) mass is 560 g/mol. The van der Waals surface area contributed by atoms with Crippen molar-refractivity contribution in [3.8, 4) is 0 Å². The molecule has 4 nitrogen and oxygen atoms in total. The van der Waals surface area contributed by atoms with Crippen molar-refractivity contribution in [1.82, 2.24) is 0 Å². The summed E-state index contributed by atoms with van der Waals surface area (Å²) in [5.41, 5.74) is -0.663. The lowest BCUT2D eigenvalue weighted by Gasteiger charge is -2.22. The van der Waals surface area contributed by atoms with Crippen LogP contribution in [0.4, 0.5) is 37.7 Å². The number of anilines is 2. The number of benzene rings is 3. The lowest BCUT2D eigenvalue weighted by atomic mass is 9.96. The first kappa shape index (κ1) is 30.2. The molecule has 0 N–H and O–H groups in total. The summed E-state index contributed by atoms with van der Waals surface area (Å²) in [4.78, 5) is 27.7. The Balaban J connectivity index is 2.11. The third kappa shape index (κ3) is 7.40. The Morgan fingerprint density at radius 1 is 0.575 bits per heavy atom. The van der Waals surface area contributed by atoms with Gasteiger partial charge in [-0.25, -0.2) is 0 Å². The topological polar surface area (TPSA) is 40.6 Å². The molecule has 0 aromatic heterocycles. The van der Waals surface area contributed by atoms with Gasteiger partial charge in [0.05, 0.1) is 11.1 Å². The fourth-order valence-corrected chi connectivity index (χ4v) is 3.91. The van der Waals surface area contributed by atoms with Gasteiger partial charge in [-0.2, -0.15) is 26.3 Å².